The molecule has 1 fully saturated rings. The van der Waals surface area contributed by atoms with Crippen molar-refractivity contribution < 1.29 is 24.0 Å². The zero-order valence-corrected chi connectivity index (χ0v) is 10.8. The van der Waals surface area contributed by atoms with Gasteiger partial charge in [0.1, 0.15) is 37.3 Å². The highest BCUT2D eigenvalue weighted by Crippen LogP contribution is 2.30. The summed E-state index contributed by atoms with van der Waals surface area (Å²) in [5.74, 6) is -0.0679. The number of aliphatic hydroxyl groups excluding tert-OH is 2. The summed E-state index contributed by atoms with van der Waals surface area (Å²) in [5.41, 5.74) is 0. The maximum atomic E-state index is 10.8. The number of hydrogen-bond donors (Lipinski definition) is 2. The second-order valence-corrected chi connectivity index (χ2v) is 5.08. The van der Waals surface area contributed by atoms with E-state index in [0.717, 1.165) is 4.68 Å². The molecule has 0 aromatic carbocycles. The SMILES string of the molecule is C[P+](=O)OC[C@H]1OC(n2cnc(C#N)n2)[C@H](O)[C@@H]1O. The van der Waals surface area contributed by atoms with Crippen molar-refractivity contribution in [3.63, 3.8) is 0 Å². The summed E-state index contributed by atoms with van der Waals surface area (Å²) >= 11 is 0. The first-order chi connectivity index (χ1) is 9.02. The fraction of sp³-hybridized carbons (Fsp3) is 0.667. The Morgan fingerprint density at radius 3 is 2.95 bits per heavy atom. The van der Waals surface area contributed by atoms with E-state index in [4.69, 9.17) is 14.5 Å². The van der Waals surface area contributed by atoms with Gasteiger partial charge in [-0.2, -0.15) is 5.26 Å². The predicted octanol–water partition coefficient (Wildman–Crippen LogP) is -0.842. The average Bonchev–Trinajstić information content (AvgIpc) is 2.95. The molecule has 1 saturated heterocycles. The van der Waals surface area contributed by atoms with Gasteiger partial charge in [0.25, 0.3) is 5.82 Å². The molecule has 0 amide bonds. The van der Waals surface area contributed by atoms with E-state index >= 15 is 0 Å². The van der Waals surface area contributed by atoms with Crippen molar-refractivity contribution >= 4 is 8.03 Å². The van der Waals surface area contributed by atoms with Crippen molar-refractivity contribution in [1.29, 1.82) is 5.26 Å². The van der Waals surface area contributed by atoms with E-state index in [1.807, 2.05) is 0 Å². The van der Waals surface area contributed by atoms with Gasteiger partial charge in [-0.1, -0.05) is 0 Å². The number of nitriles is 1. The van der Waals surface area contributed by atoms with E-state index in [9.17, 15) is 14.8 Å². The van der Waals surface area contributed by atoms with E-state index in [1.54, 1.807) is 6.07 Å². The molecule has 10 heteroatoms. The third kappa shape index (κ3) is 2.94. The molecule has 1 aliphatic heterocycles. The van der Waals surface area contributed by atoms with Crippen molar-refractivity contribution in [2.24, 2.45) is 0 Å². The molecule has 19 heavy (non-hydrogen) atoms. The van der Waals surface area contributed by atoms with Crippen molar-refractivity contribution in [3.8, 4) is 6.07 Å². The lowest BCUT2D eigenvalue weighted by atomic mass is 10.1. The van der Waals surface area contributed by atoms with Crippen LogP contribution in [0.5, 0.6) is 0 Å². The van der Waals surface area contributed by atoms with Crippen LogP contribution in [0.4, 0.5) is 0 Å². The van der Waals surface area contributed by atoms with Crippen LogP contribution < -0.4 is 0 Å². The fourth-order valence-electron chi connectivity index (χ4n) is 1.71. The van der Waals surface area contributed by atoms with Crippen molar-refractivity contribution in [2.45, 2.75) is 24.5 Å². The summed E-state index contributed by atoms with van der Waals surface area (Å²) in [6.07, 6.45) is -3.00. The van der Waals surface area contributed by atoms with Crippen LogP contribution in [0, 0.1) is 11.3 Å². The van der Waals surface area contributed by atoms with Crippen LogP contribution >= 0.6 is 8.03 Å². The molecule has 0 radical (unpaired) electrons. The minimum Gasteiger partial charge on any atom is -0.387 e. The van der Waals surface area contributed by atoms with Crippen LogP contribution in [0.1, 0.15) is 12.1 Å². The van der Waals surface area contributed by atoms with E-state index < -0.39 is 32.6 Å². The fourth-order valence-corrected chi connectivity index (χ4v) is 2.07. The Morgan fingerprint density at radius 1 is 1.63 bits per heavy atom. The standard InChI is InChI=1S/C9H12N4O5P/c1-19(16)17-3-5-7(14)8(15)9(18-5)13-4-11-6(2-10)12-13/h4-5,7-9,14-15H,3H2,1H3/q+1/t5-,7-,8-,9?/m1/s1. The molecule has 2 heterocycles. The van der Waals surface area contributed by atoms with Crippen LogP contribution in [0.15, 0.2) is 6.33 Å². The smallest absolute Gasteiger partial charge is 0.387 e. The maximum Gasteiger partial charge on any atom is 0.504 e. The Balaban J connectivity index is 2.07. The minimum absolute atomic E-state index is 0.0679. The topological polar surface area (TPSA) is 130 Å². The van der Waals surface area contributed by atoms with Crippen molar-refractivity contribution in [2.75, 3.05) is 13.3 Å². The third-order valence-corrected chi connectivity index (χ3v) is 3.14. The molecular weight excluding hydrogens is 275 g/mol. The predicted molar refractivity (Wildman–Crippen MR) is 60.1 cm³/mol. The Bertz CT molecular complexity index is 515. The van der Waals surface area contributed by atoms with Gasteiger partial charge in [0.2, 0.25) is 0 Å². The normalized spacial score (nSPS) is 31.2. The van der Waals surface area contributed by atoms with Gasteiger partial charge < -0.3 is 14.9 Å². The Morgan fingerprint density at radius 2 is 2.37 bits per heavy atom. The molecule has 2 N–H and O–H groups in total. The van der Waals surface area contributed by atoms with E-state index in [1.165, 1.54) is 13.0 Å². The van der Waals surface area contributed by atoms with Gasteiger partial charge in [0.15, 0.2) is 12.9 Å². The number of hydrogen-bond acceptors (Lipinski definition) is 8. The lowest BCUT2D eigenvalue weighted by Gasteiger charge is -2.13. The Hall–Kier alpha value is -1.43. The first-order valence-electron chi connectivity index (χ1n) is 5.39. The quantitative estimate of drug-likeness (QED) is 0.685. The van der Waals surface area contributed by atoms with Crippen molar-refractivity contribution in [3.05, 3.63) is 12.2 Å². The van der Waals surface area contributed by atoms with Gasteiger partial charge in [-0.25, -0.2) is 9.67 Å². The third-order valence-electron chi connectivity index (χ3n) is 2.63. The number of aromatic nitrogens is 3. The Kier molecular flexibility index (Phi) is 4.19. The largest absolute Gasteiger partial charge is 0.504 e. The maximum absolute atomic E-state index is 10.8. The first-order valence-corrected chi connectivity index (χ1v) is 7.02. The minimum atomic E-state index is -1.82. The average molecular weight is 287 g/mol. The monoisotopic (exact) mass is 287 g/mol. The number of aliphatic hydroxyl groups is 2. The van der Waals surface area contributed by atoms with E-state index in [0.29, 0.717) is 0 Å². The van der Waals surface area contributed by atoms with E-state index in [-0.39, 0.29) is 12.4 Å². The summed E-state index contributed by atoms with van der Waals surface area (Å²) in [4.78, 5) is 3.68. The number of rotatable bonds is 4. The second kappa shape index (κ2) is 5.69. The van der Waals surface area contributed by atoms with Crippen LogP contribution in [0.3, 0.4) is 0 Å². The molecule has 0 saturated carbocycles. The van der Waals surface area contributed by atoms with Gasteiger partial charge in [-0.15, -0.1) is 9.62 Å². The van der Waals surface area contributed by atoms with Gasteiger partial charge >= 0.3 is 8.03 Å². The molecule has 5 atom stereocenters. The molecule has 0 bridgehead atoms. The Labute approximate surface area is 109 Å². The second-order valence-electron chi connectivity index (χ2n) is 3.94. The molecule has 1 aromatic rings. The highest BCUT2D eigenvalue weighted by molar-refractivity contribution is 7.38. The summed E-state index contributed by atoms with van der Waals surface area (Å²) in [5, 5.41) is 32.0. The summed E-state index contributed by atoms with van der Waals surface area (Å²) in [6, 6.07) is 1.74. The molecular formula is C9H12N4O5P+. The van der Waals surface area contributed by atoms with Gasteiger partial charge in [0.05, 0.1) is 0 Å². The van der Waals surface area contributed by atoms with Crippen LogP contribution in [-0.2, 0) is 13.8 Å². The van der Waals surface area contributed by atoms with Crippen LogP contribution in [0.25, 0.3) is 0 Å². The zero-order chi connectivity index (χ0) is 14.0. The summed E-state index contributed by atoms with van der Waals surface area (Å²) < 4.78 is 22.2. The summed E-state index contributed by atoms with van der Waals surface area (Å²) in [6.45, 7) is 1.27. The molecule has 2 unspecified atom stereocenters. The van der Waals surface area contributed by atoms with Gasteiger partial charge in [-0.3, -0.25) is 0 Å². The van der Waals surface area contributed by atoms with Gasteiger partial charge in [0, 0.05) is 0 Å². The molecule has 1 aliphatic rings. The molecule has 102 valence electrons. The number of ether oxygens (including phenoxy) is 1. The molecule has 0 spiro atoms. The molecule has 2 rings (SSSR count). The molecule has 9 nitrogen and oxygen atoms in total. The van der Waals surface area contributed by atoms with E-state index in [2.05, 4.69) is 10.1 Å². The molecule has 0 aliphatic carbocycles. The number of nitrogens with zero attached hydrogens (tertiary/aromatic N) is 4. The summed E-state index contributed by atoms with van der Waals surface area (Å²) in [7, 11) is -1.82. The van der Waals surface area contributed by atoms with Gasteiger partial charge in [-0.05, 0) is 4.57 Å². The lowest BCUT2D eigenvalue weighted by Crippen LogP contribution is -2.33. The first kappa shape index (κ1) is 14.0. The van der Waals surface area contributed by atoms with Crippen LogP contribution in [-0.4, -0.2) is 56.6 Å². The lowest BCUT2D eigenvalue weighted by molar-refractivity contribution is -0.0548. The van der Waals surface area contributed by atoms with Crippen LogP contribution in [0.2, 0.25) is 0 Å². The molecule has 1 aromatic heterocycles. The zero-order valence-electron chi connectivity index (χ0n) is 9.95. The van der Waals surface area contributed by atoms with Crippen molar-refractivity contribution in [1.82, 2.24) is 14.8 Å². The highest BCUT2D eigenvalue weighted by atomic mass is 31.1. The highest BCUT2D eigenvalue weighted by Gasteiger charge is 2.45.